The third-order valence-corrected chi connectivity index (χ3v) is 2.47. The van der Waals surface area contributed by atoms with Crippen molar-refractivity contribution in [3.63, 3.8) is 0 Å². The van der Waals surface area contributed by atoms with Crippen LogP contribution >= 0.6 is 35.6 Å². The minimum atomic E-state index is 0. The molecule has 16 heavy (non-hydrogen) atoms. The number of benzene rings is 1. The van der Waals surface area contributed by atoms with Crippen molar-refractivity contribution in [1.82, 2.24) is 10.6 Å². The van der Waals surface area contributed by atoms with Crippen LogP contribution in [-0.4, -0.2) is 26.6 Å². The molecule has 1 rings (SSSR count). The van der Waals surface area contributed by atoms with Crippen molar-refractivity contribution in [2.45, 2.75) is 6.42 Å². The molecule has 0 aliphatic carbocycles. The van der Waals surface area contributed by atoms with Gasteiger partial charge in [-0.3, -0.25) is 4.99 Å². The number of rotatable bonds is 3. The van der Waals surface area contributed by atoms with E-state index in [1.165, 1.54) is 0 Å². The Morgan fingerprint density at radius 2 is 2.06 bits per heavy atom. The molecule has 0 bridgehead atoms. The predicted molar refractivity (Wildman–Crippen MR) is 81.0 cm³/mol. The summed E-state index contributed by atoms with van der Waals surface area (Å²) in [5.74, 6) is 0.794. The van der Waals surface area contributed by atoms with Crippen molar-refractivity contribution < 1.29 is 0 Å². The summed E-state index contributed by atoms with van der Waals surface area (Å²) in [7, 11) is 3.58. The van der Waals surface area contributed by atoms with Gasteiger partial charge in [0.05, 0.1) is 0 Å². The van der Waals surface area contributed by atoms with Gasteiger partial charge in [0.1, 0.15) is 0 Å². The number of hydrogen-bond donors (Lipinski definition) is 2. The molecule has 0 fully saturated rings. The van der Waals surface area contributed by atoms with Gasteiger partial charge in [-0.25, -0.2) is 0 Å². The van der Waals surface area contributed by atoms with Crippen molar-refractivity contribution in [1.29, 1.82) is 0 Å². The highest BCUT2D eigenvalue weighted by atomic mass is 127. The maximum atomic E-state index is 6.03. The summed E-state index contributed by atoms with van der Waals surface area (Å²) < 4.78 is 0. The Balaban J connectivity index is 0.00000225. The Morgan fingerprint density at radius 1 is 1.38 bits per heavy atom. The molecular formula is C11H17ClIN3. The van der Waals surface area contributed by atoms with E-state index in [0.717, 1.165) is 29.5 Å². The summed E-state index contributed by atoms with van der Waals surface area (Å²) in [6, 6.07) is 7.87. The second-order valence-corrected chi connectivity index (χ2v) is 3.50. The Bertz CT molecular complexity index is 342. The van der Waals surface area contributed by atoms with E-state index < -0.39 is 0 Å². The highest BCUT2D eigenvalue weighted by molar-refractivity contribution is 14.0. The van der Waals surface area contributed by atoms with Gasteiger partial charge in [-0.15, -0.1) is 24.0 Å². The maximum Gasteiger partial charge on any atom is 0.190 e. The third kappa shape index (κ3) is 5.03. The molecule has 0 heterocycles. The quantitative estimate of drug-likeness (QED) is 0.497. The minimum Gasteiger partial charge on any atom is -0.359 e. The van der Waals surface area contributed by atoms with E-state index in [9.17, 15) is 0 Å². The summed E-state index contributed by atoms with van der Waals surface area (Å²) in [4.78, 5) is 4.02. The van der Waals surface area contributed by atoms with Crippen LogP contribution in [0.4, 0.5) is 0 Å². The number of guanidine groups is 1. The second-order valence-electron chi connectivity index (χ2n) is 3.09. The highest BCUT2D eigenvalue weighted by Crippen LogP contribution is 2.14. The molecule has 3 nitrogen and oxygen atoms in total. The molecule has 0 saturated carbocycles. The number of nitrogens with zero attached hydrogens (tertiary/aromatic N) is 1. The standard InChI is InChI=1S/C11H16ClN3.HI/c1-13-11(14-2)15-8-7-9-5-3-4-6-10(9)12;/h3-6H,7-8H2,1-2H3,(H2,13,14,15);1H. The average molecular weight is 354 g/mol. The molecule has 0 atom stereocenters. The Labute approximate surface area is 119 Å². The molecule has 0 aromatic heterocycles. The van der Waals surface area contributed by atoms with Gasteiger partial charge in [0, 0.05) is 25.7 Å². The van der Waals surface area contributed by atoms with Crippen LogP contribution in [0.3, 0.4) is 0 Å². The van der Waals surface area contributed by atoms with E-state index in [1.807, 2.05) is 31.3 Å². The van der Waals surface area contributed by atoms with Gasteiger partial charge in [0.15, 0.2) is 5.96 Å². The first-order chi connectivity index (χ1) is 7.27. The van der Waals surface area contributed by atoms with E-state index in [1.54, 1.807) is 7.05 Å². The summed E-state index contributed by atoms with van der Waals surface area (Å²) in [5, 5.41) is 6.95. The molecule has 0 amide bonds. The average Bonchev–Trinajstić information content (AvgIpc) is 2.27. The van der Waals surface area contributed by atoms with Crippen LogP contribution in [-0.2, 0) is 6.42 Å². The lowest BCUT2D eigenvalue weighted by Crippen LogP contribution is -2.35. The Kier molecular flexibility index (Phi) is 8.37. The van der Waals surface area contributed by atoms with E-state index in [-0.39, 0.29) is 24.0 Å². The SMILES string of the molecule is CN=C(NC)NCCc1ccccc1Cl.I. The molecular weight excluding hydrogens is 336 g/mol. The third-order valence-electron chi connectivity index (χ3n) is 2.11. The summed E-state index contributed by atoms with van der Waals surface area (Å²) in [6.07, 6.45) is 0.889. The lowest BCUT2D eigenvalue weighted by Gasteiger charge is -2.08. The van der Waals surface area contributed by atoms with E-state index in [4.69, 9.17) is 11.6 Å². The van der Waals surface area contributed by atoms with Crippen molar-refractivity contribution in [2.24, 2.45) is 4.99 Å². The van der Waals surface area contributed by atoms with E-state index >= 15 is 0 Å². The fourth-order valence-electron chi connectivity index (χ4n) is 1.30. The Hall–Kier alpha value is -0.490. The van der Waals surface area contributed by atoms with Gasteiger partial charge in [0.25, 0.3) is 0 Å². The van der Waals surface area contributed by atoms with Crippen molar-refractivity contribution in [3.05, 3.63) is 34.9 Å². The van der Waals surface area contributed by atoms with E-state index in [0.29, 0.717) is 0 Å². The maximum absolute atomic E-state index is 6.03. The fraction of sp³-hybridized carbons (Fsp3) is 0.364. The Morgan fingerprint density at radius 3 is 2.62 bits per heavy atom. The minimum absolute atomic E-state index is 0. The number of nitrogens with one attached hydrogen (secondary N) is 2. The molecule has 5 heteroatoms. The lowest BCUT2D eigenvalue weighted by atomic mass is 10.1. The van der Waals surface area contributed by atoms with Gasteiger partial charge in [0.2, 0.25) is 0 Å². The first-order valence-corrected chi connectivity index (χ1v) is 5.27. The van der Waals surface area contributed by atoms with Crippen LogP contribution in [0.25, 0.3) is 0 Å². The smallest absolute Gasteiger partial charge is 0.190 e. The highest BCUT2D eigenvalue weighted by Gasteiger charge is 1.98. The van der Waals surface area contributed by atoms with Crippen LogP contribution < -0.4 is 10.6 Å². The summed E-state index contributed by atoms with van der Waals surface area (Å²) in [6.45, 7) is 0.817. The largest absolute Gasteiger partial charge is 0.359 e. The van der Waals surface area contributed by atoms with Crippen LogP contribution in [0.1, 0.15) is 5.56 Å². The summed E-state index contributed by atoms with van der Waals surface area (Å²) in [5.41, 5.74) is 1.15. The van der Waals surface area contributed by atoms with Crippen molar-refractivity contribution in [3.8, 4) is 0 Å². The van der Waals surface area contributed by atoms with Crippen molar-refractivity contribution in [2.75, 3.05) is 20.6 Å². The van der Waals surface area contributed by atoms with Crippen LogP contribution in [0.5, 0.6) is 0 Å². The van der Waals surface area contributed by atoms with Gasteiger partial charge in [-0.1, -0.05) is 29.8 Å². The van der Waals surface area contributed by atoms with Gasteiger partial charge < -0.3 is 10.6 Å². The number of halogens is 2. The van der Waals surface area contributed by atoms with Gasteiger partial charge in [-0.2, -0.15) is 0 Å². The molecule has 1 aromatic carbocycles. The number of hydrogen-bond acceptors (Lipinski definition) is 1. The molecule has 0 saturated heterocycles. The molecule has 0 spiro atoms. The lowest BCUT2D eigenvalue weighted by molar-refractivity contribution is 0.834. The first kappa shape index (κ1) is 15.5. The first-order valence-electron chi connectivity index (χ1n) is 4.89. The fourth-order valence-corrected chi connectivity index (χ4v) is 1.53. The zero-order chi connectivity index (χ0) is 11.1. The number of aliphatic imine (C=N–C) groups is 1. The van der Waals surface area contributed by atoms with Crippen LogP contribution in [0, 0.1) is 0 Å². The molecule has 2 N–H and O–H groups in total. The molecule has 0 aliphatic rings. The van der Waals surface area contributed by atoms with Gasteiger partial charge >= 0.3 is 0 Å². The molecule has 0 radical (unpaired) electrons. The molecule has 0 unspecified atom stereocenters. The monoisotopic (exact) mass is 353 g/mol. The summed E-state index contributed by atoms with van der Waals surface area (Å²) >= 11 is 6.03. The van der Waals surface area contributed by atoms with Crippen LogP contribution in [0.2, 0.25) is 5.02 Å². The van der Waals surface area contributed by atoms with Gasteiger partial charge in [-0.05, 0) is 18.1 Å². The molecule has 1 aromatic rings. The van der Waals surface area contributed by atoms with Crippen LogP contribution in [0.15, 0.2) is 29.3 Å². The topological polar surface area (TPSA) is 36.4 Å². The predicted octanol–water partition coefficient (Wildman–Crippen LogP) is 2.30. The molecule has 0 aliphatic heterocycles. The zero-order valence-electron chi connectivity index (χ0n) is 9.46. The van der Waals surface area contributed by atoms with E-state index in [2.05, 4.69) is 15.6 Å². The molecule has 90 valence electrons. The second kappa shape index (κ2) is 8.64. The zero-order valence-corrected chi connectivity index (χ0v) is 12.5. The van der Waals surface area contributed by atoms with Crippen molar-refractivity contribution >= 4 is 41.5 Å². The normalized spacial score (nSPS) is 10.6.